The number of hydrogen-bond donors (Lipinski definition) is 2. The molecule has 0 aromatic heterocycles. The van der Waals surface area contributed by atoms with Crippen LogP contribution in [0.3, 0.4) is 0 Å². The van der Waals surface area contributed by atoms with Crippen LogP contribution >= 0.6 is 0 Å². The lowest BCUT2D eigenvalue weighted by atomic mass is 9.73. The summed E-state index contributed by atoms with van der Waals surface area (Å²) >= 11 is 0. The number of fused-ring (bicyclic) bond motifs is 1. The minimum Gasteiger partial charge on any atom is -0.382 e. The predicted molar refractivity (Wildman–Crippen MR) is 128 cm³/mol. The Hall–Kier alpha value is -1.93. The fourth-order valence-corrected chi connectivity index (χ4v) is 6.24. The van der Waals surface area contributed by atoms with Crippen molar-refractivity contribution in [1.29, 1.82) is 0 Å². The molecule has 8 heteroatoms. The lowest BCUT2D eigenvalue weighted by molar-refractivity contribution is -0.142. The number of ether oxygens (including phenoxy) is 2. The number of nitrogens with zero attached hydrogens (tertiary/aromatic N) is 1. The Labute approximate surface area is 203 Å². The third-order valence-electron chi connectivity index (χ3n) is 7.75. The second-order valence-corrected chi connectivity index (χ2v) is 11.4. The highest BCUT2D eigenvalue weighted by molar-refractivity contribution is 6.00. The zero-order valence-electron chi connectivity index (χ0n) is 21.3. The minimum atomic E-state index is -1.11. The van der Waals surface area contributed by atoms with Crippen molar-refractivity contribution in [3.8, 4) is 0 Å². The fourth-order valence-electron chi connectivity index (χ4n) is 6.24. The van der Waals surface area contributed by atoms with Gasteiger partial charge in [-0.15, -0.1) is 0 Å². The molecule has 3 amide bonds. The molecule has 4 aliphatic rings. The van der Waals surface area contributed by atoms with Crippen molar-refractivity contribution >= 4 is 17.7 Å². The topological polar surface area (TPSA) is 97.0 Å². The summed E-state index contributed by atoms with van der Waals surface area (Å²) in [6.45, 7) is 11.4. The SMILES string of the molecule is CCOCCCN1C(=O)[C@H]2[C@@H](C(=O)N[C@@H]3CCCC[C@@H]3C)[C@H]3C=C[C@@]2(O3)[C@H]1C(=O)NC(C)(C)C. The van der Waals surface area contributed by atoms with Crippen molar-refractivity contribution in [2.45, 2.75) is 96.1 Å². The Bertz CT molecular complexity index is 837. The van der Waals surface area contributed by atoms with Crippen LogP contribution < -0.4 is 10.6 Å². The maximum Gasteiger partial charge on any atom is 0.246 e. The molecule has 7 atom stereocenters. The van der Waals surface area contributed by atoms with Crippen LogP contribution in [0, 0.1) is 17.8 Å². The van der Waals surface area contributed by atoms with Gasteiger partial charge in [0, 0.05) is 31.3 Å². The molecule has 3 heterocycles. The van der Waals surface area contributed by atoms with Gasteiger partial charge in [-0.05, 0) is 52.9 Å². The standard InChI is InChI=1S/C26H41N3O5/c1-6-33-15-9-14-29-21(23(31)28-25(3,4)5)26-13-12-18(34-26)19(20(26)24(29)32)22(30)27-17-11-8-7-10-16(17)2/h12-13,16-21H,6-11,14-15H2,1-5H3,(H,27,30)(H,28,31)/t16-,17+,18+,19-,20+,21+,26-/m0/s1. The van der Waals surface area contributed by atoms with E-state index in [1.54, 1.807) is 4.90 Å². The Morgan fingerprint density at radius 2 is 1.97 bits per heavy atom. The van der Waals surface area contributed by atoms with Gasteiger partial charge in [-0.3, -0.25) is 14.4 Å². The molecule has 0 unspecified atom stereocenters. The summed E-state index contributed by atoms with van der Waals surface area (Å²) in [5, 5.41) is 6.28. The zero-order valence-corrected chi connectivity index (χ0v) is 21.3. The summed E-state index contributed by atoms with van der Waals surface area (Å²) in [4.78, 5) is 42.5. The predicted octanol–water partition coefficient (Wildman–Crippen LogP) is 2.17. The second kappa shape index (κ2) is 9.61. The van der Waals surface area contributed by atoms with Crippen molar-refractivity contribution < 1.29 is 23.9 Å². The fraction of sp³-hybridized carbons (Fsp3) is 0.808. The van der Waals surface area contributed by atoms with Gasteiger partial charge in [0.05, 0.1) is 17.9 Å². The Morgan fingerprint density at radius 3 is 2.65 bits per heavy atom. The van der Waals surface area contributed by atoms with E-state index < -0.39 is 35.1 Å². The molecular weight excluding hydrogens is 434 g/mol. The van der Waals surface area contributed by atoms with Crippen LogP contribution in [0.25, 0.3) is 0 Å². The van der Waals surface area contributed by atoms with E-state index in [1.165, 1.54) is 6.42 Å². The number of nitrogens with one attached hydrogen (secondary N) is 2. The highest BCUT2D eigenvalue weighted by Gasteiger charge is 2.72. The Morgan fingerprint density at radius 1 is 1.24 bits per heavy atom. The molecule has 1 saturated carbocycles. The van der Waals surface area contributed by atoms with E-state index in [0.717, 1.165) is 19.3 Å². The molecule has 0 radical (unpaired) electrons. The quantitative estimate of drug-likeness (QED) is 0.414. The van der Waals surface area contributed by atoms with Crippen LogP contribution in [0.5, 0.6) is 0 Å². The van der Waals surface area contributed by atoms with E-state index >= 15 is 0 Å². The Balaban J connectivity index is 1.59. The molecule has 2 N–H and O–H groups in total. The third kappa shape index (κ3) is 4.51. The number of hydrogen-bond acceptors (Lipinski definition) is 5. The first-order valence-electron chi connectivity index (χ1n) is 13.0. The van der Waals surface area contributed by atoms with Crippen molar-refractivity contribution in [3.05, 3.63) is 12.2 Å². The highest BCUT2D eigenvalue weighted by Crippen LogP contribution is 2.55. The monoisotopic (exact) mass is 475 g/mol. The van der Waals surface area contributed by atoms with E-state index in [9.17, 15) is 14.4 Å². The molecule has 1 spiro atoms. The average molecular weight is 476 g/mol. The van der Waals surface area contributed by atoms with E-state index in [0.29, 0.717) is 32.1 Å². The molecule has 2 saturated heterocycles. The smallest absolute Gasteiger partial charge is 0.246 e. The van der Waals surface area contributed by atoms with Crippen LogP contribution in [0.1, 0.15) is 66.7 Å². The minimum absolute atomic E-state index is 0.124. The van der Waals surface area contributed by atoms with Gasteiger partial charge >= 0.3 is 0 Å². The number of rotatable bonds is 8. The Kier molecular flexibility index (Phi) is 7.11. The second-order valence-electron chi connectivity index (χ2n) is 11.4. The molecule has 2 bridgehead atoms. The van der Waals surface area contributed by atoms with Crippen molar-refractivity contribution in [2.75, 3.05) is 19.8 Å². The lowest BCUT2D eigenvalue weighted by Gasteiger charge is -2.34. The summed E-state index contributed by atoms with van der Waals surface area (Å²) in [5.41, 5.74) is -1.57. The number of carbonyl (C=O) groups excluding carboxylic acids is 3. The first-order valence-corrected chi connectivity index (χ1v) is 13.0. The van der Waals surface area contributed by atoms with Gasteiger partial charge in [0.1, 0.15) is 11.6 Å². The van der Waals surface area contributed by atoms with Gasteiger partial charge in [-0.25, -0.2) is 0 Å². The molecule has 1 aliphatic carbocycles. The van der Waals surface area contributed by atoms with Crippen LogP contribution in [0.2, 0.25) is 0 Å². The van der Waals surface area contributed by atoms with Crippen molar-refractivity contribution in [3.63, 3.8) is 0 Å². The molecule has 4 rings (SSSR count). The van der Waals surface area contributed by atoms with Gasteiger partial charge in [0.25, 0.3) is 0 Å². The number of carbonyl (C=O) groups is 3. The maximum absolute atomic E-state index is 13.8. The summed E-state index contributed by atoms with van der Waals surface area (Å²) in [5.74, 6) is -1.43. The van der Waals surface area contributed by atoms with Gasteiger partial charge in [-0.2, -0.15) is 0 Å². The van der Waals surface area contributed by atoms with Crippen LogP contribution in [-0.2, 0) is 23.9 Å². The molecule has 0 aromatic rings. The first kappa shape index (κ1) is 25.2. The molecule has 0 aromatic carbocycles. The van der Waals surface area contributed by atoms with Crippen LogP contribution in [0.15, 0.2) is 12.2 Å². The number of likely N-dealkylation sites (tertiary alicyclic amines) is 1. The van der Waals surface area contributed by atoms with Crippen molar-refractivity contribution in [1.82, 2.24) is 15.5 Å². The summed E-state index contributed by atoms with van der Waals surface area (Å²) in [7, 11) is 0. The van der Waals surface area contributed by atoms with Gasteiger partial charge in [0.2, 0.25) is 17.7 Å². The average Bonchev–Trinajstić information content (AvgIpc) is 3.39. The van der Waals surface area contributed by atoms with E-state index in [1.807, 2.05) is 39.8 Å². The van der Waals surface area contributed by atoms with Gasteiger partial charge < -0.3 is 25.0 Å². The van der Waals surface area contributed by atoms with E-state index in [4.69, 9.17) is 9.47 Å². The summed E-state index contributed by atoms with van der Waals surface area (Å²) in [6, 6.07) is -0.683. The molecule has 190 valence electrons. The van der Waals surface area contributed by atoms with Crippen molar-refractivity contribution in [2.24, 2.45) is 17.8 Å². The normalized spacial score (nSPS) is 36.6. The summed E-state index contributed by atoms with van der Waals surface area (Å²) < 4.78 is 11.8. The third-order valence-corrected chi connectivity index (χ3v) is 7.75. The molecule has 3 aliphatic heterocycles. The van der Waals surface area contributed by atoms with Gasteiger partial charge in [-0.1, -0.05) is 31.9 Å². The summed E-state index contributed by atoms with van der Waals surface area (Å²) in [6.07, 6.45) is 8.23. The molecule has 3 fully saturated rings. The maximum atomic E-state index is 13.8. The van der Waals surface area contributed by atoms with Gasteiger partial charge in [0.15, 0.2) is 0 Å². The van der Waals surface area contributed by atoms with E-state index in [2.05, 4.69) is 17.6 Å². The van der Waals surface area contributed by atoms with Crippen LogP contribution in [0.4, 0.5) is 0 Å². The molecule has 8 nitrogen and oxygen atoms in total. The number of amides is 3. The lowest BCUT2D eigenvalue weighted by Crippen LogP contribution is -2.58. The zero-order chi connectivity index (χ0) is 24.7. The van der Waals surface area contributed by atoms with E-state index in [-0.39, 0.29) is 23.8 Å². The largest absolute Gasteiger partial charge is 0.382 e. The van der Waals surface area contributed by atoms with Crippen LogP contribution in [-0.4, -0.2) is 71.7 Å². The highest BCUT2D eigenvalue weighted by atomic mass is 16.5. The molecule has 34 heavy (non-hydrogen) atoms. The first-order chi connectivity index (χ1) is 16.1. The molecular formula is C26H41N3O5.